The van der Waals surface area contributed by atoms with Gasteiger partial charge in [-0.05, 0) is 54.3 Å². The molecule has 0 bridgehead atoms. The number of anilines is 2. The fraction of sp³-hybridized carbons (Fsp3) is 0.125. The number of rotatable bonds is 6. The van der Waals surface area contributed by atoms with Gasteiger partial charge >= 0.3 is 0 Å². The number of carbonyl (C=O) groups excluding carboxylic acids is 1. The Hall–Kier alpha value is -3.23. The summed E-state index contributed by atoms with van der Waals surface area (Å²) in [6, 6.07) is 20.6. The monoisotopic (exact) mass is 468 g/mol. The van der Waals surface area contributed by atoms with E-state index in [4.69, 9.17) is 0 Å². The minimum absolute atomic E-state index is 0.108. The van der Waals surface area contributed by atoms with Crippen molar-refractivity contribution in [2.75, 3.05) is 15.9 Å². The van der Waals surface area contributed by atoms with Gasteiger partial charge in [0.15, 0.2) is 0 Å². The van der Waals surface area contributed by atoms with Gasteiger partial charge in [-0.1, -0.05) is 42.0 Å². The van der Waals surface area contributed by atoms with Gasteiger partial charge in [0.1, 0.15) is 5.82 Å². The van der Waals surface area contributed by atoms with E-state index in [1.165, 1.54) is 34.0 Å². The molecule has 0 aliphatic carbocycles. The Morgan fingerprint density at radius 1 is 1.03 bits per heavy atom. The largest absolute Gasteiger partial charge is 0.319 e. The highest BCUT2D eigenvalue weighted by molar-refractivity contribution is 7.92. The quantitative estimate of drug-likeness (QED) is 0.402. The van der Waals surface area contributed by atoms with E-state index in [0.29, 0.717) is 10.6 Å². The lowest BCUT2D eigenvalue weighted by Gasteiger charge is -2.22. The van der Waals surface area contributed by atoms with Gasteiger partial charge in [-0.2, -0.15) is 0 Å². The number of nitrogens with zero attached hydrogens (tertiary/aromatic N) is 1. The Morgan fingerprint density at radius 3 is 2.44 bits per heavy atom. The Bertz CT molecular complexity index is 1400. The molecular weight excluding hydrogens is 447 g/mol. The minimum atomic E-state index is -3.53. The van der Waals surface area contributed by atoms with E-state index in [0.717, 1.165) is 21.2 Å². The minimum Gasteiger partial charge on any atom is -0.319 e. The first-order valence-corrected chi connectivity index (χ1v) is 12.5. The Labute approximate surface area is 190 Å². The summed E-state index contributed by atoms with van der Waals surface area (Å²) < 4.78 is 41.1. The van der Waals surface area contributed by atoms with Crippen LogP contribution in [0.4, 0.5) is 15.8 Å². The molecule has 3 aromatic carbocycles. The number of benzene rings is 3. The number of sulfonamides is 1. The second kappa shape index (κ2) is 8.72. The van der Waals surface area contributed by atoms with Crippen molar-refractivity contribution in [3.8, 4) is 0 Å². The predicted molar refractivity (Wildman–Crippen MR) is 128 cm³/mol. The zero-order chi connectivity index (χ0) is 22.9. The molecule has 0 radical (unpaired) electrons. The molecule has 4 aromatic rings. The normalized spacial score (nSPS) is 11.5. The first-order chi connectivity index (χ1) is 15.2. The SMILES string of the molecule is Cc1ccc(CN(c2ccc3sc(C(=O)Nc4ccccc4F)cc3c2)S(C)(=O)=O)cc1. The summed E-state index contributed by atoms with van der Waals surface area (Å²) in [5.74, 6) is -0.929. The maximum absolute atomic E-state index is 13.9. The van der Waals surface area contributed by atoms with Crippen LogP contribution in [0, 0.1) is 12.7 Å². The topological polar surface area (TPSA) is 66.5 Å². The Morgan fingerprint density at radius 2 is 1.75 bits per heavy atom. The van der Waals surface area contributed by atoms with Crippen LogP contribution >= 0.6 is 11.3 Å². The van der Waals surface area contributed by atoms with Crippen LogP contribution in [0.25, 0.3) is 10.1 Å². The van der Waals surface area contributed by atoms with Crippen LogP contribution < -0.4 is 9.62 Å². The summed E-state index contributed by atoms with van der Waals surface area (Å²) in [6.07, 6.45) is 1.17. The van der Waals surface area contributed by atoms with Crippen molar-refractivity contribution in [2.45, 2.75) is 13.5 Å². The summed E-state index contributed by atoms with van der Waals surface area (Å²) in [7, 11) is -3.53. The van der Waals surface area contributed by atoms with E-state index < -0.39 is 21.7 Å². The number of aryl methyl sites for hydroxylation is 1. The molecule has 0 unspecified atom stereocenters. The summed E-state index contributed by atoms with van der Waals surface area (Å²) in [5, 5.41) is 3.32. The zero-order valence-electron chi connectivity index (χ0n) is 17.5. The lowest BCUT2D eigenvalue weighted by Crippen LogP contribution is -2.29. The zero-order valence-corrected chi connectivity index (χ0v) is 19.1. The Balaban J connectivity index is 1.64. The van der Waals surface area contributed by atoms with Gasteiger partial charge in [0.2, 0.25) is 10.0 Å². The number of carbonyl (C=O) groups is 1. The van der Waals surface area contributed by atoms with Crippen LogP contribution in [0.2, 0.25) is 0 Å². The molecule has 0 aliphatic rings. The van der Waals surface area contributed by atoms with Gasteiger partial charge in [0.05, 0.1) is 29.1 Å². The van der Waals surface area contributed by atoms with Gasteiger partial charge in [0.25, 0.3) is 5.91 Å². The maximum Gasteiger partial charge on any atom is 0.265 e. The maximum atomic E-state index is 13.9. The van der Waals surface area contributed by atoms with Crippen molar-refractivity contribution in [3.63, 3.8) is 0 Å². The van der Waals surface area contributed by atoms with Crippen molar-refractivity contribution in [3.05, 3.63) is 94.6 Å². The fourth-order valence-electron chi connectivity index (χ4n) is 3.30. The predicted octanol–water partition coefficient (Wildman–Crippen LogP) is 5.57. The summed E-state index contributed by atoms with van der Waals surface area (Å²) in [6.45, 7) is 2.18. The van der Waals surface area contributed by atoms with Gasteiger partial charge < -0.3 is 5.32 Å². The lowest BCUT2D eigenvalue weighted by atomic mass is 10.1. The van der Waals surface area contributed by atoms with E-state index in [-0.39, 0.29) is 12.2 Å². The first kappa shape index (κ1) is 22.0. The summed E-state index contributed by atoms with van der Waals surface area (Å²) in [4.78, 5) is 13.0. The molecule has 1 heterocycles. The molecule has 0 atom stereocenters. The van der Waals surface area contributed by atoms with E-state index >= 15 is 0 Å². The summed E-state index contributed by atoms with van der Waals surface area (Å²) in [5.41, 5.74) is 2.59. The van der Waals surface area contributed by atoms with E-state index in [1.807, 2.05) is 31.2 Å². The van der Waals surface area contributed by atoms with Crippen molar-refractivity contribution in [1.29, 1.82) is 0 Å². The molecular formula is C24H21FN2O3S2. The summed E-state index contributed by atoms with van der Waals surface area (Å²) >= 11 is 1.26. The van der Waals surface area contributed by atoms with Crippen LogP contribution in [-0.2, 0) is 16.6 Å². The molecule has 0 spiro atoms. The first-order valence-electron chi connectivity index (χ1n) is 9.83. The third-order valence-corrected chi connectivity index (χ3v) is 7.24. The number of para-hydroxylation sites is 1. The number of hydrogen-bond donors (Lipinski definition) is 1. The van der Waals surface area contributed by atoms with Crippen LogP contribution in [0.3, 0.4) is 0 Å². The average molecular weight is 469 g/mol. The van der Waals surface area contributed by atoms with Crippen LogP contribution in [0.1, 0.15) is 20.8 Å². The highest BCUT2D eigenvalue weighted by atomic mass is 32.2. The van der Waals surface area contributed by atoms with E-state index in [9.17, 15) is 17.6 Å². The van der Waals surface area contributed by atoms with Crippen molar-refractivity contribution in [2.24, 2.45) is 0 Å². The molecule has 1 aromatic heterocycles. The molecule has 0 aliphatic heterocycles. The highest BCUT2D eigenvalue weighted by Gasteiger charge is 2.19. The molecule has 0 saturated heterocycles. The number of halogens is 1. The van der Waals surface area contributed by atoms with Gasteiger partial charge in [-0.15, -0.1) is 11.3 Å². The van der Waals surface area contributed by atoms with Crippen LogP contribution in [0.15, 0.2) is 72.8 Å². The van der Waals surface area contributed by atoms with Crippen molar-refractivity contribution < 1.29 is 17.6 Å². The van der Waals surface area contributed by atoms with Gasteiger partial charge in [0, 0.05) is 4.70 Å². The Kier molecular flexibility index (Phi) is 5.99. The molecule has 4 rings (SSSR count). The molecule has 1 amide bonds. The molecule has 164 valence electrons. The third kappa shape index (κ3) is 4.81. The molecule has 5 nitrogen and oxygen atoms in total. The average Bonchev–Trinajstić information content (AvgIpc) is 3.17. The van der Waals surface area contributed by atoms with E-state index in [1.54, 1.807) is 36.4 Å². The smallest absolute Gasteiger partial charge is 0.265 e. The van der Waals surface area contributed by atoms with Crippen molar-refractivity contribution >= 4 is 48.7 Å². The van der Waals surface area contributed by atoms with Crippen molar-refractivity contribution in [1.82, 2.24) is 0 Å². The van der Waals surface area contributed by atoms with Gasteiger partial charge in [-0.3, -0.25) is 9.10 Å². The third-order valence-electron chi connectivity index (χ3n) is 4.98. The highest BCUT2D eigenvalue weighted by Crippen LogP contribution is 2.31. The standard InChI is InChI=1S/C24H21FN2O3S2/c1-16-7-9-17(10-8-16)15-27(32(2,29)30)19-11-12-22-18(13-19)14-23(31-22)24(28)26-21-6-4-3-5-20(21)25/h3-14H,15H2,1-2H3,(H,26,28). The lowest BCUT2D eigenvalue weighted by molar-refractivity contribution is 0.103. The van der Waals surface area contributed by atoms with E-state index in [2.05, 4.69) is 5.32 Å². The van der Waals surface area contributed by atoms with Crippen LogP contribution in [0.5, 0.6) is 0 Å². The number of hydrogen-bond acceptors (Lipinski definition) is 4. The molecule has 32 heavy (non-hydrogen) atoms. The second-order valence-corrected chi connectivity index (χ2v) is 10.5. The second-order valence-electron chi connectivity index (χ2n) is 7.52. The number of nitrogens with one attached hydrogen (secondary N) is 1. The molecule has 1 N–H and O–H groups in total. The molecule has 0 fully saturated rings. The van der Waals surface area contributed by atoms with Crippen LogP contribution in [-0.4, -0.2) is 20.6 Å². The molecule has 8 heteroatoms. The number of thiophene rings is 1. The number of fused-ring (bicyclic) bond motifs is 1. The molecule has 0 saturated carbocycles. The fourth-order valence-corrected chi connectivity index (χ4v) is 5.12. The number of amides is 1. The van der Waals surface area contributed by atoms with Gasteiger partial charge in [-0.25, -0.2) is 12.8 Å².